The number of methoxy groups -OCH3 is 2. The van der Waals surface area contributed by atoms with Crippen LogP contribution in [0.1, 0.15) is 63.6 Å². The number of carbonyl (C=O) groups excluding carboxylic acids is 1. The van der Waals surface area contributed by atoms with E-state index in [0.29, 0.717) is 41.5 Å². The van der Waals surface area contributed by atoms with E-state index in [-0.39, 0.29) is 50.5 Å². The predicted octanol–water partition coefficient (Wildman–Crippen LogP) is 11.6. The molecule has 0 radical (unpaired) electrons. The summed E-state index contributed by atoms with van der Waals surface area (Å²) in [5.41, 5.74) is -7.58. The van der Waals surface area contributed by atoms with Crippen LogP contribution >= 0.6 is 11.6 Å². The molecule has 2 bridgehead atoms. The Morgan fingerprint density at radius 2 is 1.43 bits per heavy atom. The smallest absolute Gasteiger partial charge is 0.418 e. The van der Waals surface area contributed by atoms with Crippen LogP contribution in [0.2, 0.25) is 5.02 Å². The number of carbonyl (C=O) groups is 1. The summed E-state index contributed by atoms with van der Waals surface area (Å²) in [4.78, 5) is 28.4. The molecule has 3 aliphatic heterocycles. The maximum absolute atomic E-state index is 17.7. The largest absolute Gasteiger partial charge is 0.497 e. The molecule has 8 rings (SSSR count). The van der Waals surface area contributed by atoms with Crippen molar-refractivity contribution < 1.29 is 58.9 Å². The monoisotopic (exact) mass is 1000 g/mol. The molecule has 3 aliphatic rings. The molecule has 11 nitrogen and oxygen atoms in total. The van der Waals surface area contributed by atoms with E-state index in [1.165, 1.54) is 26.0 Å². The third-order valence-corrected chi connectivity index (χ3v) is 13.5. The Morgan fingerprint density at radius 3 is 1.96 bits per heavy atom. The van der Waals surface area contributed by atoms with Crippen LogP contribution in [0.25, 0.3) is 22.0 Å². The maximum Gasteiger partial charge on any atom is 0.418 e. The van der Waals surface area contributed by atoms with Gasteiger partial charge in [-0.1, -0.05) is 35.9 Å². The zero-order chi connectivity index (χ0) is 50.7. The van der Waals surface area contributed by atoms with Crippen molar-refractivity contribution in [3.63, 3.8) is 0 Å². The standard InChI is InChI=1S/C50H53ClF8N6O5/c1-47(2,3)70-46(66)65-30-12-13-31(65)25-64(24-30)44-34-20-36(52)38(42(54)43(34)60-45(61-44)69-27-48(4)26-62(5)19-18-49(48,55)56)39-40(50(57,58)59)35(51)21-37(41(39)53)63(22-28-8-14-32(67-6)15-9-28)23-29-10-16-33(68-7)17-11-29/h8-11,14-17,20-21,30-31H,12-13,18-19,22-27H2,1-7H3/t30-,31+,48-/m0/s1. The molecule has 0 spiro atoms. The highest BCUT2D eigenvalue weighted by atomic mass is 35.5. The van der Waals surface area contributed by atoms with Crippen LogP contribution in [0, 0.1) is 22.9 Å². The zero-order valence-electron chi connectivity index (χ0n) is 39.6. The molecule has 1 aromatic heterocycles. The second-order valence-electron chi connectivity index (χ2n) is 19.5. The van der Waals surface area contributed by atoms with Crippen molar-refractivity contribution in [2.75, 3.05) is 63.9 Å². The highest BCUT2D eigenvalue weighted by molar-refractivity contribution is 6.32. The van der Waals surface area contributed by atoms with Gasteiger partial charge < -0.3 is 33.6 Å². The Kier molecular flexibility index (Phi) is 13.8. The molecule has 3 saturated heterocycles. The highest BCUT2D eigenvalue weighted by Gasteiger charge is 2.54. The van der Waals surface area contributed by atoms with Gasteiger partial charge in [-0.15, -0.1) is 0 Å². The number of piperidine rings is 1. The molecule has 5 aromatic rings. The van der Waals surface area contributed by atoms with E-state index in [9.17, 15) is 4.79 Å². The number of ether oxygens (including phenoxy) is 4. The lowest BCUT2D eigenvalue weighted by Gasteiger charge is -2.44. The number of rotatable bonds is 12. The molecule has 0 unspecified atom stereocenters. The summed E-state index contributed by atoms with van der Waals surface area (Å²) in [5, 5.41) is -1.38. The van der Waals surface area contributed by atoms with Gasteiger partial charge in [0.1, 0.15) is 40.9 Å². The maximum atomic E-state index is 17.7. The van der Waals surface area contributed by atoms with Crippen molar-refractivity contribution >= 4 is 40.1 Å². The van der Waals surface area contributed by atoms with E-state index in [1.807, 2.05) is 0 Å². The Bertz CT molecular complexity index is 2700. The van der Waals surface area contributed by atoms with Crippen molar-refractivity contribution in [3.05, 3.63) is 99.8 Å². The number of nitrogens with zero attached hydrogens (tertiary/aromatic N) is 6. The number of piperazine rings is 1. The summed E-state index contributed by atoms with van der Waals surface area (Å²) in [5.74, 6) is -7.33. The minimum Gasteiger partial charge on any atom is -0.497 e. The number of halogens is 9. The Labute approximate surface area is 405 Å². The minimum atomic E-state index is -5.46. The number of benzene rings is 4. The average Bonchev–Trinajstić information content (AvgIpc) is 3.56. The fourth-order valence-corrected chi connectivity index (χ4v) is 9.97. The van der Waals surface area contributed by atoms with E-state index in [0.717, 1.165) is 6.07 Å². The van der Waals surface area contributed by atoms with Crippen molar-refractivity contribution in [1.29, 1.82) is 0 Å². The summed E-state index contributed by atoms with van der Waals surface area (Å²) in [6, 6.07) is 13.2. The SMILES string of the molecule is COc1ccc(CN(Cc2ccc(OC)cc2)c2cc(Cl)c(C(F)(F)F)c(-c3c(F)cc4c(N5C[C@H]6CC[C@@H](C5)N6C(=O)OC(C)(C)C)nc(OC[C@]5(C)CN(C)CCC5(F)F)nc4c3F)c2F)cc1. The van der Waals surface area contributed by atoms with Gasteiger partial charge in [-0.3, -0.25) is 4.90 Å². The second-order valence-corrected chi connectivity index (χ2v) is 19.9. The first-order valence-corrected chi connectivity index (χ1v) is 23.0. The van der Waals surface area contributed by atoms with Gasteiger partial charge >= 0.3 is 18.3 Å². The van der Waals surface area contributed by atoms with Gasteiger partial charge in [0, 0.05) is 56.6 Å². The van der Waals surface area contributed by atoms with Crippen LogP contribution < -0.4 is 24.0 Å². The number of hydrogen-bond donors (Lipinski definition) is 0. The van der Waals surface area contributed by atoms with Crippen molar-refractivity contribution in [3.8, 4) is 28.6 Å². The van der Waals surface area contributed by atoms with Crippen molar-refractivity contribution in [2.24, 2.45) is 5.41 Å². The average molecular weight is 1010 g/mol. The molecular weight excluding hydrogens is 952 g/mol. The summed E-state index contributed by atoms with van der Waals surface area (Å²) < 4.78 is 151. The van der Waals surface area contributed by atoms with Gasteiger partial charge in [0.25, 0.3) is 5.92 Å². The lowest BCUT2D eigenvalue weighted by atomic mass is 9.79. The topological polar surface area (TPSA) is 92.7 Å². The van der Waals surface area contributed by atoms with E-state index in [2.05, 4.69) is 9.97 Å². The van der Waals surface area contributed by atoms with Crippen LogP contribution in [0.15, 0.2) is 60.7 Å². The molecule has 70 heavy (non-hydrogen) atoms. The number of aromatic nitrogens is 2. The molecule has 3 fully saturated rings. The normalized spacial score (nSPS) is 20.5. The van der Waals surface area contributed by atoms with Gasteiger partial charge in [-0.25, -0.2) is 26.7 Å². The van der Waals surface area contributed by atoms with Crippen LogP contribution in [-0.4, -0.2) is 104 Å². The molecular formula is C50H53ClF8N6O5. The Hall–Kier alpha value is -5.82. The summed E-state index contributed by atoms with van der Waals surface area (Å²) in [6.07, 6.45) is -5.43. The molecule has 0 aliphatic carbocycles. The van der Waals surface area contributed by atoms with Gasteiger partial charge in [-0.2, -0.15) is 23.1 Å². The van der Waals surface area contributed by atoms with Gasteiger partial charge in [0.05, 0.1) is 53.6 Å². The van der Waals surface area contributed by atoms with E-state index >= 15 is 35.1 Å². The lowest BCUT2D eigenvalue weighted by molar-refractivity contribution is -0.169. The fraction of sp³-hybridized carbons (Fsp3) is 0.460. The quantitative estimate of drug-likeness (QED) is 0.113. The molecule has 4 aromatic carbocycles. The van der Waals surface area contributed by atoms with Crippen molar-refractivity contribution in [2.45, 2.75) is 89.8 Å². The minimum absolute atomic E-state index is 0.0651. The molecule has 0 N–H and O–H groups in total. The molecule has 376 valence electrons. The van der Waals surface area contributed by atoms with Crippen molar-refractivity contribution in [1.82, 2.24) is 19.8 Å². The number of anilines is 2. The first-order chi connectivity index (χ1) is 32.9. The summed E-state index contributed by atoms with van der Waals surface area (Å²) in [6.45, 7) is 5.72. The number of likely N-dealkylation sites (tertiary alicyclic amines) is 1. The zero-order valence-corrected chi connectivity index (χ0v) is 40.4. The molecule has 20 heteroatoms. The first kappa shape index (κ1) is 50.6. The number of hydrogen-bond acceptors (Lipinski definition) is 10. The van der Waals surface area contributed by atoms with Gasteiger partial charge in [-0.05, 0) is 95.1 Å². The number of alkyl halides is 5. The van der Waals surface area contributed by atoms with Crippen LogP contribution in [0.5, 0.6) is 17.5 Å². The van der Waals surface area contributed by atoms with Crippen LogP contribution in [0.3, 0.4) is 0 Å². The van der Waals surface area contributed by atoms with Gasteiger partial charge in [0.2, 0.25) is 0 Å². The Balaban J connectivity index is 1.29. The van der Waals surface area contributed by atoms with Gasteiger partial charge in [0.15, 0.2) is 11.6 Å². The molecule has 0 saturated carbocycles. The summed E-state index contributed by atoms with van der Waals surface area (Å²) in [7, 11) is 4.60. The van der Waals surface area contributed by atoms with E-state index < -0.39 is 111 Å². The number of fused-ring (bicyclic) bond motifs is 3. The molecule has 3 atom stereocenters. The number of amides is 1. The third-order valence-electron chi connectivity index (χ3n) is 13.2. The van der Waals surface area contributed by atoms with Crippen LogP contribution in [-0.2, 0) is 24.0 Å². The third kappa shape index (κ3) is 10.0. The Morgan fingerprint density at radius 1 is 0.857 bits per heavy atom. The van der Waals surface area contributed by atoms with E-state index in [1.54, 1.807) is 91.0 Å². The van der Waals surface area contributed by atoms with Crippen LogP contribution in [0.4, 0.5) is 51.4 Å². The first-order valence-electron chi connectivity index (χ1n) is 22.7. The lowest BCUT2D eigenvalue weighted by Crippen LogP contribution is -2.57. The highest BCUT2D eigenvalue weighted by Crippen LogP contribution is 2.50. The molecule has 1 amide bonds. The summed E-state index contributed by atoms with van der Waals surface area (Å²) >= 11 is 6.46. The molecule has 4 heterocycles. The second kappa shape index (κ2) is 19.1. The predicted molar refractivity (Wildman–Crippen MR) is 248 cm³/mol. The fourth-order valence-electron chi connectivity index (χ4n) is 9.67. The van der Waals surface area contributed by atoms with E-state index in [4.69, 9.17) is 30.5 Å².